The van der Waals surface area contributed by atoms with Crippen molar-refractivity contribution in [3.8, 4) is 29.0 Å². The number of nitrogens with zero attached hydrogens (tertiary/aromatic N) is 8. The Bertz CT molecular complexity index is 2600. The van der Waals surface area contributed by atoms with Gasteiger partial charge in [0.05, 0.1) is 45.1 Å². The number of anilines is 2. The molecular weight excluding hydrogens is 807 g/mol. The van der Waals surface area contributed by atoms with Gasteiger partial charge < -0.3 is 29.7 Å². The lowest BCUT2D eigenvalue weighted by atomic mass is 9.77. The number of benzene rings is 2. The molecular formula is C41H41ClF3N9O4S. The lowest BCUT2D eigenvalue weighted by Crippen LogP contribution is -2.66. The van der Waals surface area contributed by atoms with Crippen LogP contribution in [0.4, 0.5) is 28.8 Å². The first-order chi connectivity index (χ1) is 28.5. The van der Waals surface area contributed by atoms with Gasteiger partial charge in [0.2, 0.25) is 0 Å². The number of thiophene rings is 1. The number of nitrogens with two attached hydrogens (primary N) is 1. The van der Waals surface area contributed by atoms with Crippen LogP contribution in [0.25, 0.3) is 32.1 Å². The number of alkyl halides is 1. The molecule has 5 aliphatic rings. The van der Waals surface area contributed by atoms with Crippen molar-refractivity contribution in [2.45, 2.75) is 56.8 Å². The van der Waals surface area contributed by atoms with Crippen molar-refractivity contribution < 1.29 is 32.2 Å². The van der Waals surface area contributed by atoms with E-state index < -0.39 is 23.3 Å². The standard InChI is InChI=1S/C41H41ClF3N9O4S/c1-21-14-52(20-48-21)39(55)54-16-22(35(54)40(7-8-40)18-56-2)15-51-10-11-57-33-29-32(49-38(50-37(29)51)58-19-41-6-3-9-53(41)17-23(43)12-41)31(45)28(30(33)42)24-4-5-26(44)34-27(24)25(13-46)36(47)59-34/h4-5,14,20,22-23,35H,3,6-12,15-19,47H2,1-2H3/t22-,23-,35+,41+/m1/s1. The predicted molar refractivity (Wildman–Crippen MR) is 216 cm³/mol. The lowest BCUT2D eigenvalue weighted by molar-refractivity contribution is -0.0236. The fraction of sp³-hybridized carbons (Fsp3) is 0.488. The van der Waals surface area contributed by atoms with E-state index in [9.17, 15) is 14.4 Å². The zero-order chi connectivity index (χ0) is 41.0. The molecule has 308 valence electrons. The Kier molecular flexibility index (Phi) is 9.16. The topological polar surface area (TPSA) is 148 Å². The fourth-order valence-electron chi connectivity index (χ4n) is 10.3. The van der Waals surface area contributed by atoms with Crippen LogP contribution in [0.15, 0.2) is 24.7 Å². The van der Waals surface area contributed by atoms with Gasteiger partial charge in [-0.05, 0) is 50.8 Å². The van der Waals surface area contributed by atoms with Gasteiger partial charge in [0.1, 0.15) is 53.9 Å². The van der Waals surface area contributed by atoms with E-state index in [4.69, 9.17) is 36.5 Å². The fourth-order valence-corrected chi connectivity index (χ4v) is 11.6. The summed E-state index contributed by atoms with van der Waals surface area (Å²) in [6.45, 7) is 4.86. The molecule has 2 N–H and O–H groups in total. The van der Waals surface area contributed by atoms with Gasteiger partial charge in [0.15, 0.2) is 11.6 Å². The molecule has 10 rings (SSSR count). The molecule has 4 aliphatic heterocycles. The van der Waals surface area contributed by atoms with Crippen molar-refractivity contribution in [3.63, 3.8) is 0 Å². The number of aryl methyl sites for hydroxylation is 1. The molecule has 4 fully saturated rings. The lowest BCUT2D eigenvalue weighted by Gasteiger charge is -2.53. The van der Waals surface area contributed by atoms with Crippen LogP contribution in [-0.2, 0) is 4.74 Å². The van der Waals surface area contributed by atoms with Gasteiger partial charge in [-0.3, -0.25) is 9.47 Å². The Morgan fingerprint density at radius 1 is 1.17 bits per heavy atom. The van der Waals surface area contributed by atoms with Crippen LogP contribution >= 0.6 is 22.9 Å². The second-order valence-corrected chi connectivity index (χ2v) is 18.1. The minimum Gasteiger partial charge on any atom is -0.489 e. The molecule has 0 unspecified atom stereocenters. The molecule has 3 aromatic heterocycles. The number of halogens is 4. The summed E-state index contributed by atoms with van der Waals surface area (Å²) in [5.74, 6) is -1.00. The maximum Gasteiger partial charge on any atom is 0.329 e. The smallest absolute Gasteiger partial charge is 0.329 e. The third-order valence-electron chi connectivity index (χ3n) is 13.1. The minimum absolute atomic E-state index is 0.0104. The van der Waals surface area contributed by atoms with Crippen LogP contribution in [0.5, 0.6) is 11.8 Å². The number of likely N-dealkylation sites (tertiary alicyclic amines) is 1. The number of carbonyl (C=O) groups is 1. The molecule has 5 aromatic rings. The summed E-state index contributed by atoms with van der Waals surface area (Å²) in [6, 6.07) is 4.19. The zero-order valence-corrected chi connectivity index (χ0v) is 34.0. The van der Waals surface area contributed by atoms with E-state index in [-0.39, 0.29) is 96.1 Å². The van der Waals surface area contributed by atoms with E-state index in [0.29, 0.717) is 45.0 Å². The number of amides is 1. The summed E-state index contributed by atoms with van der Waals surface area (Å²) >= 11 is 8.06. The van der Waals surface area contributed by atoms with E-state index in [1.807, 2.05) is 22.8 Å². The summed E-state index contributed by atoms with van der Waals surface area (Å²) in [4.78, 5) is 33.7. The molecule has 1 aliphatic carbocycles. The van der Waals surface area contributed by atoms with Gasteiger partial charge in [0, 0.05) is 67.7 Å². The molecule has 0 spiro atoms. The van der Waals surface area contributed by atoms with Gasteiger partial charge in [-0.25, -0.2) is 22.9 Å². The number of fused-ring (bicyclic) bond motifs is 2. The molecule has 4 atom stereocenters. The number of aromatic nitrogens is 4. The SMILES string of the molecule is COCC1([C@@H]2[C@H](CN3CCOc4c(Cl)c(-c5ccc(F)c6sc(N)c(C#N)c56)c(F)c5nc(OC[C@@]67CCCN6C[C@H](F)C7)nc3c45)CN2C(=O)n2cnc(C)c2)CC1. The van der Waals surface area contributed by atoms with E-state index in [1.165, 1.54) is 23.0 Å². The Morgan fingerprint density at radius 2 is 2.00 bits per heavy atom. The number of carbonyl (C=O) groups excluding carboxylic acids is 1. The van der Waals surface area contributed by atoms with Gasteiger partial charge in [-0.2, -0.15) is 15.2 Å². The van der Waals surface area contributed by atoms with Gasteiger partial charge in [-0.1, -0.05) is 17.7 Å². The predicted octanol–water partition coefficient (Wildman–Crippen LogP) is 6.95. The highest BCUT2D eigenvalue weighted by Crippen LogP contribution is 2.57. The average molecular weight is 848 g/mol. The number of ether oxygens (including phenoxy) is 3. The monoisotopic (exact) mass is 847 g/mol. The summed E-state index contributed by atoms with van der Waals surface area (Å²) < 4.78 is 67.6. The summed E-state index contributed by atoms with van der Waals surface area (Å²) in [6.07, 6.45) is 6.03. The summed E-state index contributed by atoms with van der Waals surface area (Å²) in [5.41, 5.74) is 6.04. The largest absolute Gasteiger partial charge is 0.489 e. The van der Waals surface area contributed by atoms with Crippen molar-refractivity contribution in [3.05, 3.63) is 52.6 Å². The molecule has 1 saturated carbocycles. The number of nitrogen functional groups attached to an aromatic ring is 1. The van der Waals surface area contributed by atoms with E-state index in [1.54, 1.807) is 13.3 Å². The number of hydrogen-bond acceptors (Lipinski definition) is 12. The Hall–Kier alpha value is -4.89. The molecule has 18 heteroatoms. The van der Waals surface area contributed by atoms with Crippen molar-refractivity contribution >= 4 is 60.8 Å². The third kappa shape index (κ3) is 6.00. The molecule has 0 bridgehead atoms. The second kappa shape index (κ2) is 14.1. The van der Waals surface area contributed by atoms with Gasteiger partial charge in [0.25, 0.3) is 0 Å². The number of methoxy groups -OCH3 is 1. The van der Waals surface area contributed by atoms with Crippen LogP contribution in [0.2, 0.25) is 5.02 Å². The highest BCUT2D eigenvalue weighted by atomic mass is 35.5. The van der Waals surface area contributed by atoms with Crippen molar-refractivity contribution in [2.24, 2.45) is 11.3 Å². The number of rotatable bonds is 9. The first-order valence-electron chi connectivity index (χ1n) is 19.8. The molecule has 13 nitrogen and oxygen atoms in total. The Labute approximate surface area is 346 Å². The van der Waals surface area contributed by atoms with Crippen molar-refractivity contribution in [2.75, 3.05) is 70.3 Å². The minimum atomic E-state index is -0.983. The number of nitriles is 1. The Morgan fingerprint density at radius 3 is 2.75 bits per heavy atom. The van der Waals surface area contributed by atoms with Crippen molar-refractivity contribution in [1.29, 1.82) is 5.26 Å². The van der Waals surface area contributed by atoms with Crippen LogP contribution in [0.1, 0.15) is 43.4 Å². The zero-order valence-electron chi connectivity index (χ0n) is 32.4. The third-order valence-corrected chi connectivity index (χ3v) is 14.5. The first-order valence-corrected chi connectivity index (χ1v) is 21.0. The summed E-state index contributed by atoms with van der Waals surface area (Å²) in [5, 5.41) is 10.4. The van der Waals surface area contributed by atoms with Crippen molar-refractivity contribution in [1.82, 2.24) is 29.3 Å². The Balaban J connectivity index is 1.09. The molecule has 2 aromatic carbocycles. The average Bonchev–Trinajstić information content (AvgIpc) is 3.41. The highest BCUT2D eigenvalue weighted by molar-refractivity contribution is 7.23. The summed E-state index contributed by atoms with van der Waals surface area (Å²) in [7, 11) is 1.67. The normalized spacial score (nSPS) is 24.5. The molecule has 3 saturated heterocycles. The quantitative estimate of drug-likeness (QED) is 0.164. The van der Waals surface area contributed by atoms with Gasteiger partial charge in [-0.15, -0.1) is 11.3 Å². The molecule has 59 heavy (non-hydrogen) atoms. The maximum atomic E-state index is 17.6. The maximum absolute atomic E-state index is 17.6. The van der Waals surface area contributed by atoms with E-state index >= 15 is 8.78 Å². The molecule has 1 amide bonds. The van der Waals surface area contributed by atoms with Crippen LogP contribution in [0.3, 0.4) is 0 Å². The van der Waals surface area contributed by atoms with E-state index in [0.717, 1.165) is 49.3 Å². The number of imidazole rings is 1. The van der Waals surface area contributed by atoms with Crippen LogP contribution < -0.4 is 20.1 Å². The number of hydrogen-bond donors (Lipinski definition) is 1. The van der Waals surface area contributed by atoms with E-state index in [2.05, 4.69) is 14.9 Å². The highest BCUT2D eigenvalue weighted by Gasteiger charge is 2.60. The van der Waals surface area contributed by atoms with Crippen LogP contribution in [0, 0.1) is 41.2 Å². The second-order valence-electron chi connectivity index (χ2n) is 16.7. The first kappa shape index (κ1) is 38.3. The molecule has 7 heterocycles. The van der Waals surface area contributed by atoms with Gasteiger partial charge >= 0.3 is 12.0 Å². The van der Waals surface area contributed by atoms with Crippen LogP contribution in [-0.4, -0.2) is 113 Å². The molecule has 0 radical (unpaired) electrons.